The molecule has 0 aromatic heterocycles. The molecule has 0 unspecified atom stereocenters. The SMILES string of the molecule is CS(=O)(=O)c1ccc(OCC(F)(F)C(F)(F)F)c(C(=O)N2Cc3ccc(OC4CCOCC4)cc3C2)c1. The van der Waals surface area contributed by atoms with Crippen LogP contribution in [-0.4, -0.2) is 63.5 Å². The van der Waals surface area contributed by atoms with E-state index in [-0.39, 0.29) is 24.1 Å². The van der Waals surface area contributed by atoms with E-state index >= 15 is 0 Å². The second-order valence-electron chi connectivity index (χ2n) is 8.94. The van der Waals surface area contributed by atoms with Crippen molar-refractivity contribution in [1.82, 2.24) is 4.90 Å². The van der Waals surface area contributed by atoms with Crippen LogP contribution in [0.3, 0.4) is 0 Å². The van der Waals surface area contributed by atoms with Crippen LogP contribution < -0.4 is 9.47 Å². The van der Waals surface area contributed by atoms with Gasteiger partial charge in [0.2, 0.25) is 0 Å². The third kappa shape index (κ3) is 6.15. The first-order valence-electron chi connectivity index (χ1n) is 11.3. The van der Waals surface area contributed by atoms with Gasteiger partial charge >= 0.3 is 12.1 Å². The molecule has 2 aliphatic heterocycles. The number of amides is 1. The Hall–Kier alpha value is -2.93. The molecule has 2 aliphatic rings. The lowest BCUT2D eigenvalue weighted by atomic mass is 10.1. The highest BCUT2D eigenvalue weighted by atomic mass is 32.2. The van der Waals surface area contributed by atoms with E-state index in [2.05, 4.69) is 0 Å². The average molecular weight is 550 g/mol. The van der Waals surface area contributed by atoms with Gasteiger partial charge in [-0.3, -0.25) is 4.79 Å². The summed E-state index contributed by atoms with van der Waals surface area (Å²) in [6.07, 6.45) is -3.49. The highest BCUT2D eigenvalue weighted by molar-refractivity contribution is 7.90. The van der Waals surface area contributed by atoms with Crippen molar-refractivity contribution >= 4 is 15.7 Å². The van der Waals surface area contributed by atoms with Crippen LogP contribution in [0, 0.1) is 0 Å². The normalized spacial score (nSPS) is 17.0. The lowest BCUT2D eigenvalue weighted by molar-refractivity contribution is -0.290. The number of sulfone groups is 1. The minimum atomic E-state index is -5.86. The van der Waals surface area contributed by atoms with Crippen molar-refractivity contribution in [2.24, 2.45) is 0 Å². The molecule has 0 saturated carbocycles. The van der Waals surface area contributed by atoms with E-state index in [9.17, 15) is 35.2 Å². The van der Waals surface area contributed by atoms with Gasteiger partial charge in [-0.1, -0.05) is 6.07 Å². The minimum absolute atomic E-state index is 0.000737. The Bertz CT molecular complexity index is 1270. The summed E-state index contributed by atoms with van der Waals surface area (Å²) < 4.78 is 105. The molecular formula is C24H24F5NO6S. The maximum atomic E-state index is 13.4. The lowest BCUT2D eigenvalue weighted by Crippen LogP contribution is -2.42. The number of rotatable bonds is 7. The maximum Gasteiger partial charge on any atom is 0.456 e. The fraction of sp³-hybridized carbons (Fsp3) is 0.458. The van der Waals surface area contributed by atoms with Gasteiger partial charge in [-0.25, -0.2) is 8.42 Å². The van der Waals surface area contributed by atoms with Gasteiger partial charge in [0, 0.05) is 32.2 Å². The van der Waals surface area contributed by atoms with Crippen molar-refractivity contribution in [2.45, 2.75) is 49.0 Å². The number of carbonyl (C=O) groups excluding carboxylic acids is 1. The number of ether oxygens (including phenoxy) is 3. The van der Waals surface area contributed by atoms with E-state index < -0.39 is 45.8 Å². The summed E-state index contributed by atoms with van der Waals surface area (Å²) in [5, 5.41) is 0. The second-order valence-corrected chi connectivity index (χ2v) is 11.0. The highest BCUT2D eigenvalue weighted by Crippen LogP contribution is 2.37. The van der Waals surface area contributed by atoms with E-state index in [0.29, 0.717) is 19.0 Å². The molecule has 13 heteroatoms. The first-order chi connectivity index (χ1) is 17.2. The summed E-state index contributed by atoms with van der Waals surface area (Å²) in [5.74, 6) is -5.93. The molecule has 0 bridgehead atoms. The Morgan fingerprint density at radius 1 is 1.03 bits per heavy atom. The van der Waals surface area contributed by atoms with Gasteiger partial charge in [-0.15, -0.1) is 0 Å². The van der Waals surface area contributed by atoms with E-state index in [4.69, 9.17) is 14.2 Å². The number of carbonyl (C=O) groups is 1. The molecule has 2 aromatic rings. The maximum absolute atomic E-state index is 13.4. The predicted molar refractivity (Wildman–Crippen MR) is 121 cm³/mol. The largest absolute Gasteiger partial charge is 0.490 e. The first-order valence-corrected chi connectivity index (χ1v) is 13.2. The molecule has 0 radical (unpaired) electrons. The molecule has 1 saturated heterocycles. The standard InChI is InChI=1S/C24H24F5NO6S/c1-37(32,33)19-4-5-21(35-14-23(25,26)24(27,28)29)20(11-19)22(31)30-12-15-2-3-18(10-16(15)13-30)36-17-6-8-34-9-7-17/h2-5,10-11,17H,6-9,12-14H2,1H3. The molecule has 37 heavy (non-hydrogen) atoms. The van der Waals surface area contributed by atoms with Crippen LogP contribution in [0.15, 0.2) is 41.3 Å². The van der Waals surface area contributed by atoms with Gasteiger partial charge in [0.15, 0.2) is 16.4 Å². The molecule has 7 nitrogen and oxygen atoms in total. The third-order valence-electron chi connectivity index (χ3n) is 6.09. The third-order valence-corrected chi connectivity index (χ3v) is 7.20. The summed E-state index contributed by atoms with van der Waals surface area (Å²) in [6.45, 7) is -0.650. The first kappa shape index (κ1) is 27.1. The molecule has 2 heterocycles. The molecule has 1 amide bonds. The summed E-state index contributed by atoms with van der Waals surface area (Å²) in [5.41, 5.74) is 1.12. The fourth-order valence-electron chi connectivity index (χ4n) is 4.03. The molecule has 202 valence electrons. The van der Waals surface area contributed by atoms with Gasteiger partial charge in [0.25, 0.3) is 5.91 Å². The van der Waals surface area contributed by atoms with Crippen molar-refractivity contribution < 1.29 is 49.4 Å². The number of halogens is 5. The van der Waals surface area contributed by atoms with E-state index in [1.54, 1.807) is 18.2 Å². The average Bonchev–Trinajstić information content (AvgIpc) is 3.25. The Balaban J connectivity index is 1.56. The van der Waals surface area contributed by atoms with E-state index in [0.717, 1.165) is 48.4 Å². The summed E-state index contributed by atoms with van der Waals surface area (Å²) in [6, 6.07) is 8.13. The zero-order valence-corrected chi connectivity index (χ0v) is 20.5. The summed E-state index contributed by atoms with van der Waals surface area (Å²) >= 11 is 0. The van der Waals surface area contributed by atoms with Crippen LogP contribution >= 0.6 is 0 Å². The summed E-state index contributed by atoms with van der Waals surface area (Å²) in [7, 11) is -3.82. The Morgan fingerprint density at radius 2 is 1.70 bits per heavy atom. The number of benzene rings is 2. The van der Waals surface area contributed by atoms with Gasteiger partial charge in [-0.2, -0.15) is 22.0 Å². The number of nitrogens with zero attached hydrogens (tertiary/aromatic N) is 1. The van der Waals surface area contributed by atoms with Crippen LogP contribution in [-0.2, 0) is 27.7 Å². The fourth-order valence-corrected chi connectivity index (χ4v) is 4.67. The number of hydrogen-bond donors (Lipinski definition) is 0. The summed E-state index contributed by atoms with van der Waals surface area (Å²) in [4.78, 5) is 14.3. The van der Waals surface area contributed by atoms with Crippen molar-refractivity contribution in [3.63, 3.8) is 0 Å². The molecule has 0 atom stereocenters. The Kier molecular flexibility index (Phi) is 7.39. The quantitative estimate of drug-likeness (QED) is 0.477. The van der Waals surface area contributed by atoms with E-state index in [1.807, 2.05) is 0 Å². The van der Waals surface area contributed by atoms with Crippen molar-refractivity contribution in [2.75, 3.05) is 26.1 Å². The number of hydrogen-bond acceptors (Lipinski definition) is 6. The van der Waals surface area contributed by atoms with Crippen LogP contribution in [0.1, 0.15) is 34.3 Å². The van der Waals surface area contributed by atoms with Gasteiger partial charge in [0.1, 0.15) is 17.6 Å². The van der Waals surface area contributed by atoms with Crippen LogP contribution in [0.4, 0.5) is 22.0 Å². The predicted octanol–water partition coefficient (Wildman–Crippen LogP) is 4.38. The zero-order chi connectivity index (χ0) is 27.0. The monoisotopic (exact) mass is 549 g/mol. The minimum Gasteiger partial charge on any atom is -0.490 e. The van der Waals surface area contributed by atoms with Gasteiger partial charge < -0.3 is 19.1 Å². The smallest absolute Gasteiger partial charge is 0.456 e. The molecule has 0 N–H and O–H groups in total. The van der Waals surface area contributed by atoms with Crippen molar-refractivity contribution in [3.8, 4) is 11.5 Å². The lowest BCUT2D eigenvalue weighted by Gasteiger charge is -2.23. The zero-order valence-electron chi connectivity index (χ0n) is 19.7. The Labute approximate surface area is 210 Å². The molecule has 2 aromatic carbocycles. The number of fused-ring (bicyclic) bond motifs is 1. The van der Waals surface area contributed by atoms with Crippen LogP contribution in [0.25, 0.3) is 0 Å². The highest BCUT2D eigenvalue weighted by Gasteiger charge is 2.58. The molecule has 4 rings (SSSR count). The molecule has 1 fully saturated rings. The molecule has 0 spiro atoms. The van der Waals surface area contributed by atoms with Crippen molar-refractivity contribution in [1.29, 1.82) is 0 Å². The Morgan fingerprint density at radius 3 is 2.35 bits per heavy atom. The second kappa shape index (κ2) is 10.1. The topological polar surface area (TPSA) is 82.1 Å². The van der Waals surface area contributed by atoms with Crippen LogP contribution in [0.2, 0.25) is 0 Å². The van der Waals surface area contributed by atoms with Crippen molar-refractivity contribution in [3.05, 3.63) is 53.1 Å². The van der Waals surface area contributed by atoms with Gasteiger partial charge in [0.05, 0.1) is 23.7 Å². The van der Waals surface area contributed by atoms with Crippen LogP contribution in [0.5, 0.6) is 11.5 Å². The molecule has 0 aliphatic carbocycles. The van der Waals surface area contributed by atoms with Gasteiger partial charge in [-0.05, 0) is 41.5 Å². The molecular weight excluding hydrogens is 525 g/mol. The van der Waals surface area contributed by atoms with E-state index in [1.165, 1.54) is 4.90 Å². The number of alkyl halides is 5.